The third-order valence-corrected chi connectivity index (χ3v) is 3.68. The zero-order valence-electron chi connectivity index (χ0n) is 12.7. The molecule has 4 N–H and O–H groups in total. The molecule has 11 heteroatoms. The van der Waals surface area contributed by atoms with Crippen LogP contribution in [0.15, 0.2) is 29.4 Å². The minimum absolute atomic E-state index is 0.0691. The first-order valence-corrected chi connectivity index (χ1v) is 7.71. The Kier molecular flexibility index (Phi) is 5.95. The highest BCUT2D eigenvalue weighted by molar-refractivity contribution is 7.99. The van der Waals surface area contributed by atoms with Gasteiger partial charge in [-0.15, -0.1) is 10.2 Å². The van der Waals surface area contributed by atoms with E-state index >= 15 is 0 Å². The number of hydrogen-bond acceptors (Lipinski definition) is 7. The number of ether oxygens (including phenoxy) is 1. The van der Waals surface area contributed by atoms with E-state index in [1.807, 2.05) is 0 Å². The third-order valence-electron chi connectivity index (χ3n) is 2.74. The molecule has 1 aromatic heterocycles. The van der Waals surface area contributed by atoms with Gasteiger partial charge in [-0.1, -0.05) is 23.9 Å². The first-order valence-electron chi connectivity index (χ1n) is 6.72. The number of imide groups is 1. The van der Waals surface area contributed by atoms with E-state index in [2.05, 4.69) is 20.8 Å². The van der Waals surface area contributed by atoms with E-state index in [4.69, 9.17) is 10.6 Å². The predicted molar refractivity (Wildman–Crippen MR) is 84.2 cm³/mol. The second-order valence-corrected chi connectivity index (χ2v) is 5.35. The molecule has 0 aliphatic heterocycles. The lowest BCUT2D eigenvalue weighted by Crippen LogP contribution is -2.38. The number of urea groups is 1. The first kappa shape index (κ1) is 17.5. The number of hydrogen-bond donors (Lipinski definition) is 3. The molecule has 0 spiro atoms. The number of thioether (sulfide) groups is 1. The van der Waals surface area contributed by atoms with Crippen molar-refractivity contribution in [3.63, 3.8) is 0 Å². The van der Waals surface area contributed by atoms with Crippen LogP contribution in [0.5, 0.6) is 5.75 Å². The highest BCUT2D eigenvalue weighted by Crippen LogP contribution is 2.18. The van der Waals surface area contributed by atoms with Crippen LogP contribution in [0.1, 0.15) is 5.82 Å². The average Bonchev–Trinajstić information content (AvgIpc) is 2.92. The molecular formula is C13H15FN6O3S. The topological polar surface area (TPSA) is 124 Å². The van der Waals surface area contributed by atoms with Gasteiger partial charge in [-0.2, -0.15) is 0 Å². The molecule has 0 bridgehead atoms. The van der Waals surface area contributed by atoms with Gasteiger partial charge in [-0.05, 0) is 12.1 Å². The van der Waals surface area contributed by atoms with E-state index in [9.17, 15) is 14.0 Å². The van der Waals surface area contributed by atoms with Gasteiger partial charge in [0.25, 0.3) is 0 Å². The zero-order chi connectivity index (χ0) is 17.5. The number of aromatic nitrogens is 3. The van der Waals surface area contributed by atoms with Gasteiger partial charge >= 0.3 is 6.03 Å². The summed E-state index contributed by atoms with van der Waals surface area (Å²) in [5, 5.41) is 12.3. The number of carbonyl (C=O) groups excluding carboxylic acids is 2. The minimum atomic E-state index is -0.603. The van der Waals surface area contributed by atoms with Gasteiger partial charge in [0.15, 0.2) is 17.4 Å². The van der Waals surface area contributed by atoms with Crippen LogP contribution in [0.4, 0.5) is 9.18 Å². The summed E-state index contributed by atoms with van der Waals surface area (Å²) in [6.45, 7) is -0.0879. The third kappa shape index (κ3) is 4.59. The fourth-order valence-corrected chi connectivity index (χ4v) is 2.24. The molecule has 0 unspecified atom stereocenters. The Hall–Kier alpha value is -2.82. The molecule has 0 saturated heterocycles. The normalized spacial score (nSPS) is 10.2. The lowest BCUT2D eigenvalue weighted by molar-refractivity contribution is -0.117. The molecule has 1 aromatic carbocycles. The van der Waals surface area contributed by atoms with Crippen LogP contribution in [0, 0.1) is 5.82 Å². The molecule has 0 aliphatic rings. The standard InChI is InChI=1S/C13H15FN6O3S/c1-16-12(22)17-11(21)7-24-13-19-18-10(20(13)15)6-23-9-5-3-2-4-8(9)14/h2-5H,6-7,15H2,1H3,(H2,16,17,21,22). The summed E-state index contributed by atoms with van der Waals surface area (Å²) in [5.74, 6) is 5.05. The van der Waals surface area contributed by atoms with Crippen molar-refractivity contribution in [1.29, 1.82) is 0 Å². The molecule has 0 atom stereocenters. The molecular weight excluding hydrogens is 339 g/mol. The van der Waals surface area contributed by atoms with Gasteiger partial charge in [-0.3, -0.25) is 10.1 Å². The van der Waals surface area contributed by atoms with Crippen molar-refractivity contribution in [1.82, 2.24) is 25.5 Å². The summed E-state index contributed by atoms with van der Waals surface area (Å²) < 4.78 is 19.9. The van der Waals surface area contributed by atoms with Crippen molar-refractivity contribution >= 4 is 23.7 Å². The monoisotopic (exact) mass is 354 g/mol. The Morgan fingerprint density at radius 3 is 2.83 bits per heavy atom. The van der Waals surface area contributed by atoms with Crippen LogP contribution in [0.25, 0.3) is 0 Å². The van der Waals surface area contributed by atoms with Gasteiger partial charge in [0.1, 0.15) is 6.61 Å². The molecule has 24 heavy (non-hydrogen) atoms. The quantitative estimate of drug-likeness (QED) is 0.502. The largest absolute Gasteiger partial charge is 0.482 e. The summed E-state index contributed by atoms with van der Waals surface area (Å²) in [5.41, 5.74) is 0. The Labute approximate surface area is 140 Å². The van der Waals surface area contributed by atoms with Gasteiger partial charge in [0.2, 0.25) is 11.1 Å². The van der Waals surface area contributed by atoms with Crippen LogP contribution in [0.2, 0.25) is 0 Å². The molecule has 0 saturated carbocycles. The van der Waals surface area contributed by atoms with Crippen LogP contribution in [0.3, 0.4) is 0 Å². The Balaban J connectivity index is 1.90. The second kappa shape index (κ2) is 8.15. The smallest absolute Gasteiger partial charge is 0.321 e. The summed E-state index contributed by atoms with van der Waals surface area (Å²) in [7, 11) is 1.40. The number of nitrogen functional groups attached to an aromatic ring is 1. The van der Waals surface area contributed by atoms with Crippen molar-refractivity contribution in [3.05, 3.63) is 35.9 Å². The fraction of sp³-hybridized carbons (Fsp3) is 0.231. The maximum atomic E-state index is 13.5. The van der Waals surface area contributed by atoms with Crippen LogP contribution in [-0.4, -0.2) is 39.6 Å². The SMILES string of the molecule is CNC(=O)NC(=O)CSc1nnc(COc2ccccc2F)n1N. The van der Waals surface area contributed by atoms with Gasteiger partial charge in [-0.25, -0.2) is 13.9 Å². The highest BCUT2D eigenvalue weighted by atomic mass is 32.2. The average molecular weight is 354 g/mol. The van der Waals surface area contributed by atoms with Crippen molar-refractivity contribution in [2.45, 2.75) is 11.8 Å². The Morgan fingerprint density at radius 2 is 2.12 bits per heavy atom. The van der Waals surface area contributed by atoms with Crippen LogP contribution >= 0.6 is 11.8 Å². The Bertz CT molecular complexity index is 738. The first-order chi connectivity index (χ1) is 11.5. The number of benzene rings is 1. The van der Waals surface area contributed by atoms with Crippen LogP contribution in [-0.2, 0) is 11.4 Å². The minimum Gasteiger partial charge on any atom is -0.482 e. The van der Waals surface area contributed by atoms with E-state index in [0.29, 0.717) is 0 Å². The maximum absolute atomic E-state index is 13.5. The van der Waals surface area contributed by atoms with E-state index in [0.717, 1.165) is 16.4 Å². The molecule has 9 nitrogen and oxygen atoms in total. The number of nitrogens with zero attached hydrogens (tertiary/aromatic N) is 3. The number of amides is 3. The van der Waals surface area contributed by atoms with Crippen molar-refractivity contribution in [2.24, 2.45) is 0 Å². The summed E-state index contributed by atoms with van der Waals surface area (Å²) in [6, 6.07) is 5.33. The Morgan fingerprint density at radius 1 is 1.38 bits per heavy atom. The number of rotatable bonds is 6. The van der Waals surface area contributed by atoms with E-state index in [-0.39, 0.29) is 29.1 Å². The lowest BCUT2D eigenvalue weighted by atomic mass is 10.3. The summed E-state index contributed by atoms with van der Waals surface area (Å²) in [6.07, 6.45) is 0. The number of nitrogens with one attached hydrogen (secondary N) is 2. The molecule has 3 amide bonds. The lowest BCUT2D eigenvalue weighted by Gasteiger charge is -2.07. The number of para-hydroxylation sites is 1. The summed E-state index contributed by atoms with van der Waals surface area (Å²) >= 11 is 0.996. The van der Waals surface area contributed by atoms with E-state index in [1.54, 1.807) is 12.1 Å². The molecule has 0 aliphatic carbocycles. The number of nitrogens with two attached hydrogens (primary N) is 1. The molecule has 0 radical (unpaired) electrons. The molecule has 1 heterocycles. The van der Waals surface area contributed by atoms with Gasteiger partial charge < -0.3 is 15.9 Å². The fourth-order valence-electron chi connectivity index (χ4n) is 1.56. The molecule has 2 aromatic rings. The number of carbonyl (C=O) groups is 2. The van der Waals surface area contributed by atoms with Crippen molar-refractivity contribution < 1.29 is 18.7 Å². The summed E-state index contributed by atoms with van der Waals surface area (Å²) in [4.78, 5) is 22.5. The van der Waals surface area contributed by atoms with Crippen LogP contribution < -0.4 is 21.2 Å². The van der Waals surface area contributed by atoms with E-state index in [1.165, 1.54) is 19.2 Å². The molecule has 2 rings (SSSR count). The highest BCUT2D eigenvalue weighted by Gasteiger charge is 2.14. The number of halogens is 1. The second-order valence-electron chi connectivity index (χ2n) is 4.40. The van der Waals surface area contributed by atoms with Gasteiger partial charge in [0.05, 0.1) is 5.75 Å². The maximum Gasteiger partial charge on any atom is 0.321 e. The van der Waals surface area contributed by atoms with Gasteiger partial charge in [0, 0.05) is 7.05 Å². The zero-order valence-corrected chi connectivity index (χ0v) is 13.5. The molecule has 128 valence electrons. The van der Waals surface area contributed by atoms with Crippen molar-refractivity contribution in [3.8, 4) is 5.75 Å². The van der Waals surface area contributed by atoms with Crippen molar-refractivity contribution in [2.75, 3.05) is 18.6 Å². The molecule has 0 fully saturated rings. The van der Waals surface area contributed by atoms with E-state index < -0.39 is 17.8 Å². The predicted octanol–water partition coefficient (Wildman–Crippen LogP) is 0.258.